The maximum Gasteiger partial charge on any atom is 0.234 e. The van der Waals surface area contributed by atoms with Crippen molar-refractivity contribution in [1.82, 2.24) is 14.8 Å². The van der Waals surface area contributed by atoms with Crippen LogP contribution in [0.3, 0.4) is 0 Å². The molecule has 3 aromatic rings. The molecule has 3 rings (SSSR count). The van der Waals surface area contributed by atoms with E-state index < -0.39 is 0 Å². The maximum atomic E-state index is 12.6. The topological polar surface area (TPSA) is 88.9 Å². The number of thioether (sulfide) groups is 1. The number of hydrogen-bond acceptors (Lipinski definition) is 5. The minimum Gasteiger partial charge on any atom is -0.325 e. The van der Waals surface area contributed by atoms with Crippen molar-refractivity contribution in [3.8, 4) is 0 Å². The number of benzene rings is 2. The summed E-state index contributed by atoms with van der Waals surface area (Å²) in [5.41, 5.74) is 3.22. The second-order valence-electron chi connectivity index (χ2n) is 7.23. The van der Waals surface area contributed by atoms with E-state index in [1.807, 2.05) is 32.0 Å². The van der Waals surface area contributed by atoms with E-state index in [9.17, 15) is 9.59 Å². The fraction of sp³-hybridized carbons (Fsp3) is 0.217. The number of aromatic nitrogens is 3. The van der Waals surface area contributed by atoms with Crippen LogP contribution in [0.25, 0.3) is 0 Å². The quantitative estimate of drug-likeness (QED) is 0.305. The van der Waals surface area contributed by atoms with E-state index >= 15 is 0 Å². The molecule has 0 aliphatic heterocycles. The van der Waals surface area contributed by atoms with Crippen LogP contribution in [0.4, 0.5) is 11.4 Å². The Hall–Kier alpha value is -2.81. The molecule has 33 heavy (non-hydrogen) atoms. The Bertz CT molecular complexity index is 1180. The van der Waals surface area contributed by atoms with Gasteiger partial charge in [0, 0.05) is 12.2 Å². The first kappa shape index (κ1) is 24.8. The SMILES string of the molecule is C=CCn1c(CC(=O)Nc2cccc(Cl)c2Cl)nnc1SCC(=O)Nc1c(C)cccc1C. The lowest BCUT2D eigenvalue weighted by Crippen LogP contribution is -2.18. The Morgan fingerprint density at radius 1 is 1.06 bits per heavy atom. The van der Waals surface area contributed by atoms with E-state index in [-0.39, 0.29) is 29.0 Å². The number of para-hydroxylation sites is 1. The first-order valence-corrected chi connectivity index (χ1v) is 11.8. The van der Waals surface area contributed by atoms with Gasteiger partial charge in [0.2, 0.25) is 11.8 Å². The first-order valence-electron chi connectivity index (χ1n) is 10.1. The highest BCUT2D eigenvalue weighted by molar-refractivity contribution is 7.99. The number of carbonyl (C=O) groups is 2. The van der Waals surface area contributed by atoms with Crippen molar-refractivity contribution in [3.05, 3.63) is 76.0 Å². The van der Waals surface area contributed by atoms with Crippen molar-refractivity contribution in [1.29, 1.82) is 0 Å². The first-order chi connectivity index (χ1) is 15.8. The molecule has 0 spiro atoms. The van der Waals surface area contributed by atoms with Gasteiger partial charge < -0.3 is 15.2 Å². The monoisotopic (exact) mass is 503 g/mol. The van der Waals surface area contributed by atoms with E-state index in [1.165, 1.54) is 11.8 Å². The third-order valence-electron chi connectivity index (χ3n) is 4.73. The Kier molecular flexibility index (Phi) is 8.55. The molecule has 172 valence electrons. The number of aryl methyl sites for hydroxylation is 2. The van der Waals surface area contributed by atoms with Crippen molar-refractivity contribution in [2.75, 3.05) is 16.4 Å². The van der Waals surface area contributed by atoms with Crippen molar-refractivity contribution in [2.45, 2.75) is 32.0 Å². The molecule has 2 N–H and O–H groups in total. The van der Waals surface area contributed by atoms with Crippen molar-refractivity contribution in [3.63, 3.8) is 0 Å². The lowest BCUT2D eigenvalue weighted by atomic mass is 10.1. The van der Waals surface area contributed by atoms with Gasteiger partial charge in [0.25, 0.3) is 0 Å². The highest BCUT2D eigenvalue weighted by Crippen LogP contribution is 2.29. The largest absolute Gasteiger partial charge is 0.325 e. The molecule has 2 aromatic carbocycles. The number of nitrogens with zero attached hydrogens (tertiary/aromatic N) is 3. The zero-order valence-electron chi connectivity index (χ0n) is 18.2. The van der Waals surface area contributed by atoms with E-state index in [4.69, 9.17) is 23.2 Å². The number of rotatable bonds is 9. The second kappa shape index (κ2) is 11.4. The maximum absolute atomic E-state index is 12.6. The van der Waals surface area contributed by atoms with Crippen LogP contribution in [0.15, 0.2) is 54.2 Å². The molecule has 0 unspecified atom stereocenters. The standard InChI is InChI=1S/C23H23Cl2N5O2S/c1-4-11-30-18(12-19(31)26-17-10-6-9-16(24)21(17)25)28-29-23(30)33-13-20(32)27-22-14(2)7-5-8-15(22)3/h4-10H,1,11-13H2,2-3H3,(H,26,31)(H,27,32). The molecule has 0 radical (unpaired) electrons. The van der Waals surface area contributed by atoms with Gasteiger partial charge in [0.05, 0.1) is 27.9 Å². The zero-order chi connectivity index (χ0) is 24.0. The lowest BCUT2D eigenvalue weighted by molar-refractivity contribution is -0.116. The number of halogens is 2. The van der Waals surface area contributed by atoms with E-state index in [2.05, 4.69) is 27.4 Å². The van der Waals surface area contributed by atoms with Gasteiger partial charge in [-0.3, -0.25) is 9.59 Å². The number of nitrogens with one attached hydrogen (secondary N) is 2. The minimum absolute atomic E-state index is 0.0289. The molecule has 7 nitrogen and oxygen atoms in total. The van der Waals surface area contributed by atoms with E-state index in [0.717, 1.165) is 16.8 Å². The summed E-state index contributed by atoms with van der Waals surface area (Å²) in [6, 6.07) is 10.8. The fourth-order valence-corrected chi connectivity index (χ4v) is 4.24. The van der Waals surface area contributed by atoms with Gasteiger partial charge in [-0.2, -0.15) is 0 Å². The molecule has 0 saturated carbocycles. The Morgan fingerprint density at radius 3 is 2.45 bits per heavy atom. The third kappa shape index (κ3) is 6.37. The van der Waals surface area contributed by atoms with E-state index in [1.54, 1.807) is 28.8 Å². The van der Waals surface area contributed by atoms with Gasteiger partial charge in [-0.1, -0.05) is 65.3 Å². The van der Waals surface area contributed by atoms with Crippen molar-refractivity contribution in [2.24, 2.45) is 0 Å². The zero-order valence-corrected chi connectivity index (χ0v) is 20.5. The molecule has 10 heteroatoms. The van der Waals surface area contributed by atoms with Crippen molar-refractivity contribution >= 4 is 58.2 Å². The number of carbonyl (C=O) groups excluding carboxylic acids is 2. The summed E-state index contributed by atoms with van der Waals surface area (Å²) in [4.78, 5) is 25.1. The van der Waals surface area contributed by atoms with Crippen LogP contribution in [-0.4, -0.2) is 32.3 Å². The Morgan fingerprint density at radius 2 is 1.76 bits per heavy atom. The Labute approximate surface area is 206 Å². The molecule has 0 bridgehead atoms. The lowest BCUT2D eigenvalue weighted by Gasteiger charge is -2.12. The van der Waals surface area contributed by atoms with Gasteiger partial charge in [-0.25, -0.2) is 0 Å². The average Bonchev–Trinajstić information content (AvgIpc) is 3.14. The van der Waals surface area contributed by atoms with Crippen LogP contribution >= 0.6 is 35.0 Å². The molecule has 0 atom stereocenters. The summed E-state index contributed by atoms with van der Waals surface area (Å²) >= 11 is 13.4. The summed E-state index contributed by atoms with van der Waals surface area (Å²) in [7, 11) is 0. The molecule has 0 fully saturated rings. The molecule has 0 saturated heterocycles. The highest BCUT2D eigenvalue weighted by Gasteiger charge is 2.18. The van der Waals surface area contributed by atoms with Gasteiger partial charge in [-0.05, 0) is 37.1 Å². The van der Waals surface area contributed by atoms with Crippen LogP contribution in [0.5, 0.6) is 0 Å². The van der Waals surface area contributed by atoms with Crippen molar-refractivity contribution < 1.29 is 9.59 Å². The number of amides is 2. The van der Waals surface area contributed by atoms with Gasteiger partial charge in [0.1, 0.15) is 5.82 Å². The number of anilines is 2. The third-order valence-corrected chi connectivity index (χ3v) is 6.51. The molecule has 0 aliphatic rings. The molecule has 1 aromatic heterocycles. The fourth-order valence-electron chi connectivity index (χ4n) is 3.12. The summed E-state index contributed by atoms with van der Waals surface area (Å²) in [5.74, 6) is 0.123. The second-order valence-corrected chi connectivity index (χ2v) is 8.96. The number of hydrogen-bond donors (Lipinski definition) is 2. The average molecular weight is 504 g/mol. The molecule has 2 amide bonds. The van der Waals surface area contributed by atoms with E-state index in [0.29, 0.717) is 28.2 Å². The summed E-state index contributed by atoms with van der Waals surface area (Å²) in [5, 5.41) is 15.1. The minimum atomic E-state index is -0.318. The molecular weight excluding hydrogens is 481 g/mol. The summed E-state index contributed by atoms with van der Waals surface area (Å²) in [6.07, 6.45) is 1.65. The molecule has 1 heterocycles. The van der Waals surface area contributed by atoms with Crippen LogP contribution in [-0.2, 0) is 22.6 Å². The van der Waals surface area contributed by atoms with Crippen LogP contribution in [0.2, 0.25) is 10.0 Å². The predicted octanol–water partition coefficient (Wildman–Crippen LogP) is 5.30. The van der Waals surface area contributed by atoms with Crippen LogP contribution < -0.4 is 10.6 Å². The van der Waals surface area contributed by atoms with Crippen LogP contribution in [0, 0.1) is 13.8 Å². The summed E-state index contributed by atoms with van der Waals surface area (Å²) in [6.45, 7) is 8.05. The molecule has 0 aliphatic carbocycles. The smallest absolute Gasteiger partial charge is 0.234 e. The number of allylic oxidation sites excluding steroid dienone is 1. The normalized spacial score (nSPS) is 10.7. The predicted molar refractivity (Wildman–Crippen MR) is 134 cm³/mol. The van der Waals surface area contributed by atoms with Gasteiger partial charge in [-0.15, -0.1) is 16.8 Å². The van der Waals surface area contributed by atoms with Gasteiger partial charge >= 0.3 is 0 Å². The highest BCUT2D eigenvalue weighted by atomic mass is 35.5. The van der Waals surface area contributed by atoms with Crippen LogP contribution in [0.1, 0.15) is 17.0 Å². The molecular formula is C23H23Cl2N5O2S. The summed E-state index contributed by atoms with van der Waals surface area (Å²) < 4.78 is 1.75. The van der Waals surface area contributed by atoms with Gasteiger partial charge in [0.15, 0.2) is 5.16 Å². The Balaban J connectivity index is 1.66.